The third kappa shape index (κ3) is 3.18. The lowest BCUT2D eigenvalue weighted by Crippen LogP contribution is -2.28. The Kier molecular flexibility index (Phi) is 3.83. The average molecular weight is 159 g/mol. The first kappa shape index (κ1) is 8.97. The Balaban J connectivity index is 2.08. The third-order valence-corrected chi connectivity index (χ3v) is 2.08. The maximum Gasteiger partial charge on any atom is 0.0788 e. The molecule has 0 aromatic rings. The van der Waals surface area contributed by atoms with Crippen molar-refractivity contribution < 1.29 is 9.84 Å². The Morgan fingerprint density at radius 2 is 2.55 bits per heavy atom. The van der Waals surface area contributed by atoms with Crippen molar-refractivity contribution in [2.24, 2.45) is 0 Å². The van der Waals surface area contributed by atoms with Crippen LogP contribution in [0.2, 0.25) is 0 Å². The van der Waals surface area contributed by atoms with Crippen LogP contribution < -0.4 is 5.32 Å². The first-order valence-electron chi connectivity index (χ1n) is 4.23. The molecule has 0 aromatic heterocycles. The first-order valence-corrected chi connectivity index (χ1v) is 4.23. The Bertz CT molecular complexity index is 102. The molecular weight excluding hydrogens is 142 g/mol. The van der Waals surface area contributed by atoms with Gasteiger partial charge in [0.2, 0.25) is 0 Å². The van der Waals surface area contributed by atoms with Crippen molar-refractivity contribution in [1.82, 2.24) is 5.32 Å². The van der Waals surface area contributed by atoms with E-state index >= 15 is 0 Å². The molecular formula is C8H17NO2. The van der Waals surface area contributed by atoms with Gasteiger partial charge in [-0.3, -0.25) is 0 Å². The number of ether oxygens (including phenoxy) is 1. The molecule has 1 aliphatic heterocycles. The summed E-state index contributed by atoms with van der Waals surface area (Å²) in [6.07, 6.45) is 2.97. The van der Waals surface area contributed by atoms with E-state index in [0.717, 1.165) is 13.0 Å². The molecule has 66 valence electrons. The van der Waals surface area contributed by atoms with Gasteiger partial charge in [-0.1, -0.05) is 0 Å². The van der Waals surface area contributed by atoms with Gasteiger partial charge in [-0.15, -0.1) is 0 Å². The molecule has 0 aliphatic carbocycles. The Labute approximate surface area is 67.7 Å². The van der Waals surface area contributed by atoms with E-state index in [-0.39, 0.29) is 6.10 Å². The highest BCUT2D eigenvalue weighted by Gasteiger charge is 2.17. The van der Waals surface area contributed by atoms with Crippen molar-refractivity contribution in [1.29, 1.82) is 0 Å². The van der Waals surface area contributed by atoms with Gasteiger partial charge in [-0.2, -0.15) is 0 Å². The van der Waals surface area contributed by atoms with Gasteiger partial charge in [-0.05, 0) is 25.8 Å². The second-order valence-electron chi connectivity index (χ2n) is 3.14. The molecule has 2 atom stereocenters. The quantitative estimate of drug-likeness (QED) is 0.613. The van der Waals surface area contributed by atoms with Crippen LogP contribution in [0.4, 0.5) is 0 Å². The van der Waals surface area contributed by atoms with Gasteiger partial charge < -0.3 is 15.2 Å². The fourth-order valence-corrected chi connectivity index (χ4v) is 1.55. The topological polar surface area (TPSA) is 41.5 Å². The predicted octanol–water partition coefficient (Wildman–Crippen LogP) is 0.136. The van der Waals surface area contributed by atoms with Crippen LogP contribution in [0, 0.1) is 0 Å². The van der Waals surface area contributed by atoms with Crippen LogP contribution in [0.15, 0.2) is 0 Å². The van der Waals surface area contributed by atoms with E-state index < -0.39 is 0 Å². The maximum absolute atomic E-state index is 9.34. The van der Waals surface area contributed by atoms with Gasteiger partial charge in [0.1, 0.15) is 0 Å². The fourth-order valence-electron chi connectivity index (χ4n) is 1.55. The number of nitrogens with one attached hydrogen (secondary N) is 1. The van der Waals surface area contributed by atoms with Crippen LogP contribution in [0.3, 0.4) is 0 Å². The van der Waals surface area contributed by atoms with Gasteiger partial charge in [0, 0.05) is 13.2 Å². The summed E-state index contributed by atoms with van der Waals surface area (Å²) in [7, 11) is 1.62. The Hall–Kier alpha value is -0.120. The highest BCUT2D eigenvalue weighted by Crippen LogP contribution is 2.10. The second-order valence-corrected chi connectivity index (χ2v) is 3.14. The number of methoxy groups -OCH3 is 1. The zero-order valence-corrected chi connectivity index (χ0v) is 7.05. The number of aliphatic hydroxyl groups excluding tert-OH is 1. The summed E-state index contributed by atoms with van der Waals surface area (Å²) in [6.45, 7) is 1.56. The molecule has 2 unspecified atom stereocenters. The lowest BCUT2D eigenvalue weighted by Gasteiger charge is -2.14. The predicted molar refractivity (Wildman–Crippen MR) is 43.5 cm³/mol. The van der Waals surface area contributed by atoms with Crippen LogP contribution >= 0.6 is 0 Å². The van der Waals surface area contributed by atoms with Crippen LogP contribution in [0.1, 0.15) is 19.3 Å². The lowest BCUT2D eigenvalue weighted by molar-refractivity contribution is 0.0537. The molecule has 0 radical (unpaired) electrons. The van der Waals surface area contributed by atoms with Gasteiger partial charge in [0.25, 0.3) is 0 Å². The molecule has 0 saturated carbocycles. The van der Waals surface area contributed by atoms with Crippen molar-refractivity contribution >= 4 is 0 Å². The molecule has 2 N–H and O–H groups in total. The molecule has 0 bridgehead atoms. The molecule has 3 nitrogen and oxygen atoms in total. The minimum Gasteiger partial charge on any atom is -0.391 e. The van der Waals surface area contributed by atoms with Gasteiger partial charge >= 0.3 is 0 Å². The Morgan fingerprint density at radius 3 is 3.09 bits per heavy atom. The number of hydrogen-bond acceptors (Lipinski definition) is 3. The van der Waals surface area contributed by atoms with Crippen molar-refractivity contribution in [3.8, 4) is 0 Å². The molecule has 0 amide bonds. The molecule has 11 heavy (non-hydrogen) atoms. The van der Waals surface area contributed by atoms with E-state index in [2.05, 4.69) is 5.32 Å². The van der Waals surface area contributed by atoms with Gasteiger partial charge in [-0.25, -0.2) is 0 Å². The molecule has 3 heteroatoms. The van der Waals surface area contributed by atoms with Crippen molar-refractivity contribution in [3.63, 3.8) is 0 Å². The zero-order valence-electron chi connectivity index (χ0n) is 7.05. The number of rotatable bonds is 4. The molecule has 1 aliphatic rings. The van der Waals surface area contributed by atoms with Crippen molar-refractivity contribution in [2.75, 3.05) is 20.3 Å². The first-order chi connectivity index (χ1) is 5.33. The molecule has 0 spiro atoms. The second kappa shape index (κ2) is 4.70. The van der Waals surface area contributed by atoms with Crippen molar-refractivity contribution in [2.45, 2.75) is 31.4 Å². The average Bonchev–Trinajstić information content (AvgIpc) is 2.40. The van der Waals surface area contributed by atoms with Crippen molar-refractivity contribution in [3.05, 3.63) is 0 Å². The van der Waals surface area contributed by atoms with Gasteiger partial charge in [0.05, 0.1) is 12.7 Å². The summed E-state index contributed by atoms with van der Waals surface area (Å²) >= 11 is 0. The minimum absolute atomic E-state index is 0.296. The summed E-state index contributed by atoms with van der Waals surface area (Å²) < 4.78 is 4.84. The highest BCUT2D eigenvalue weighted by atomic mass is 16.5. The summed E-state index contributed by atoms with van der Waals surface area (Å²) in [5.41, 5.74) is 0. The monoisotopic (exact) mass is 159 g/mol. The molecule has 1 heterocycles. The fraction of sp³-hybridized carbons (Fsp3) is 1.00. The van der Waals surface area contributed by atoms with E-state index in [9.17, 15) is 5.11 Å². The standard InChI is InChI=1S/C8H17NO2/c1-11-6-8(10)5-7-3-2-4-9-7/h7-10H,2-6H2,1H3. The number of aliphatic hydroxyl groups is 1. The largest absolute Gasteiger partial charge is 0.391 e. The molecule has 0 aromatic carbocycles. The Morgan fingerprint density at radius 1 is 1.73 bits per heavy atom. The van der Waals surface area contributed by atoms with Gasteiger partial charge in [0.15, 0.2) is 0 Å². The zero-order chi connectivity index (χ0) is 8.10. The molecule has 1 saturated heterocycles. The highest BCUT2D eigenvalue weighted by molar-refractivity contribution is 4.76. The van der Waals surface area contributed by atoms with Crippen LogP contribution in [-0.2, 0) is 4.74 Å². The lowest BCUT2D eigenvalue weighted by atomic mass is 10.1. The van der Waals surface area contributed by atoms with E-state index in [1.54, 1.807) is 7.11 Å². The van der Waals surface area contributed by atoms with E-state index in [1.165, 1.54) is 12.8 Å². The summed E-state index contributed by atoms with van der Waals surface area (Å²) in [4.78, 5) is 0. The normalized spacial score (nSPS) is 27.3. The van der Waals surface area contributed by atoms with Crippen LogP contribution in [0.5, 0.6) is 0 Å². The van der Waals surface area contributed by atoms with Crippen LogP contribution in [0.25, 0.3) is 0 Å². The summed E-state index contributed by atoms with van der Waals surface area (Å²) in [6, 6.07) is 0.514. The smallest absolute Gasteiger partial charge is 0.0788 e. The molecule has 1 rings (SSSR count). The molecule has 1 fully saturated rings. The van der Waals surface area contributed by atoms with E-state index in [4.69, 9.17) is 4.74 Å². The summed E-state index contributed by atoms with van der Waals surface area (Å²) in [5, 5.41) is 12.7. The maximum atomic E-state index is 9.34. The van der Waals surface area contributed by atoms with Crippen LogP contribution in [-0.4, -0.2) is 37.5 Å². The summed E-state index contributed by atoms with van der Waals surface area (Å²) in [5.74, 6) is 0. The number of hydrogen-bond donors (Lipinski definition) is 2. The van der Waals surface area contributed by atoms with E-state index in [0.29, 0.717) is 12.6 Å². The third-order valence-electron chi connectivity index (χ3n) is 2.08. The van der Waals surface area contributed by atoms with E-state index in [1.807, 2.05) is 0 Å². The minimum atomic E-state index is -0.296. The SMILES string of the molecule is COCC(O)CC1CCCN1.